The Morgan fingerprint density at radius 1 is 0.776 bits per heavy atom. The van der Waals surface area contributed by atoms with E-state index in [2.05, 4.69) is 15.5 Å². The summed E-state index contributed by atoms with van der Waals surface area (Å²) in [6.07, 6.45) is 2.35. The van der Waals surface area contributed by atoms with E-state index in [4.69, 9.17) is 23.9 Å². The van der Waals surface area contributed by atoms with Gasteiger partial charge < -0.3 is 23.8 Å². The first-order valence-electron chi connectivity index (χ1n) is 22.4. The third kappa shape index (κ3) is 10.9. The number of hydrogen-bond donors (Lipinski definition) is 0. The van der Waals surface area contributed by atoms with Gasteiger partial charge in [0.15, 0.2) is 5.82 Å². The number of likely N-dealkylation sites (tertiary alicyclic amines) is 1. The molecule has 0 unspecified atom stereocenters. The molecule has 8 rings (SSSR count). The molecule has 67 heavy (non-hydrogen) atoms. The second-order valence-corrected chi connectivity index (χ2v) is 20.9. The number of amides is 1. The van der Waals surface area contributed by atoms with E-state index in [9.17, 15) is 4.79 Å². The summed E-state index contributed by atoms with van der Waals surface area (Å²) in [5, 5.41) is 14.3. The van der Waals surface area contributed by atoms with Crippen molar-refractivity contribution in [2.45, 2.75) is 83.5 Å². The maximum absolute atomic E-state index is 16.3. The van der Waals surface area contributed by atoms with Crippen LogP contribution in [0.25, 0.3) is 32.7 Å². The van der Waals surface area contributed by atoms with Crippen LogP contribution in [0.3, 0.4) is 0 Å². The molecule has 0 N–H and O–H groups in total. The van der Waals surface area contributed by atoms with Crippen molar-refractivity contribution in [3.63, 3.8) is 0 Å². The number of sulfonamides is 1. The van der Waals surface area contributed by atoms with E-state index in [0.29, 0.717) is 65.7 Å². The van der Waals surface area contributed by atoms with Gasteiger partial charge in [0, 0.05) is 37.3 Å². The second kappa shape index (κ2) is 20.2. The summed E-state index contributed by atoms with van der Waals surface area (Å²) in [7, 11) is 0.400. The van der Waals surface area contributed by atoms with Crippen LogP contribution < -0.4 is 14.2 Å². The first-order valence-corrected chi connectivity index (χ1v) is 24.6. The number of aryl methyl sites for hydroxylation is 2. The van der Waals surface area contributed by atoms with Gasteiger partial charge >= 0.3 is 6.09 Å². The maximum Gasteiger partial charge on any atom is 0.410 e. The van der Waals surface area contributed by atoms with Crippen LogP contribution in [0.15, 0.2) is 108 Å². The average Bonchev–Trinajstić information content (AvgIpc) is 3.96. The van der Waals surface area contributed by atoms with Crippen LogP contribution in [0, 0.1) is 12.8 Å². The number of para-hydroxylation sites is 1. The Labute approximate surface area is 396 Å². The van der Waals surface area contributed by atoms with Crippen LogP contribution in [0.5, 0.6) is 17.2 Å². The smallest absolute Gasteiger partial charge is 0.410 e. The van der Waals surface area contributed by atoms with E-state index in [0.717, 1.165) is 50.3 Å². The quantitative estimate of drug-likeness (QED) is 0.0911. The summed E-state index contributed by atoms with van der Waals surface area (Å²) >= 11 is 1.58. The molecule has 0 bridgehead atoms. The largest absolute Gasteiger partial charge is 0.497 e. The van der Waals surface area contributed by atoms with Crippen LogP contribution >= 0.6 is 11.3 Å². The first kappa shape index (κ1) is 47.1. The number of tetrazole rings is 1. The molecule has 0 aliphatic carbocycles. The molecule has 1 aliphatic rings. The molecule has 7 aromatic rings. The molecule has 350 valence electrons. The van der Waals surface area contributed by atoms with E-state index in [1.54, 1.807) is 42.2 Å². The van der Waals surface area contributed by atoms with Gasteiger partial charge in [-0.25, -0.2) is 22.9 Å². The van der Waals surface area contributed by atoms with Crippen LogP contribution in [0.2, 0.25) is 0 Å². The van der Waals surface area contributed by atoms with Crippen molar-refractivity contribution in [1.29, 1.82) is 0 Å². The number of aromatic nitrogens is 5. The molecule has 1 aliphatic heterocycles. The fourth-order valence-corrected chi connectivity index (χ4v) is 11.3. The number of ether oxygens (including phenoxy) is 4. The molecule has 2 aromatic heterocycles. The monoisotopic (exact) mass is 943 g/mol. The van der Waals surface area contributed by atoms with Crippen molar-refractivity contribution < 1.29 is 32.2 Å². The van der Waals surface area contributed by atoms with Gasteiger partial charge in [-0.3, -0.25) is 0 Å². The van der Waals surface area contributed by atoms with E-state index in [-0.39, 0.29) is 36.5 Å². The van der Waals surface area contributed by atoms with Crippen molar-refractivity contribution in [2.75, 3.05) is 34.4 Å². The predicted octanol–water partition coefficient (Wildman–Crippen LogP) is 9.97. The fraction of sp³-hybridized carbons (Fsp3) is 0.353. The Morgan fingerprint density at radius 2 is 1.36 bits per heavy atom. The van der Waals surface area contributed by atoms with Crippen molar-refractivity contribution in [3.05, 3.63) is 130 Å². The number of piperidine rings is 1. The zero-order valence-electron chi connectivity index (χ0n) is 39.1. The Balaban J connectivity index is 1.30. The molecular formula is C51H57N7O7S2. The van der Waals surface area contributed by atoms with Crippen LogP contribution in [-0.2, 0) is 40.8 Å². The van der Waals surface area contributed by atoms with Crippen molar-refractivity contribution >= 4 is 37.7 Å². The molecular weight excluding hydrogens is 887 g/mol. The number of carbonyl (C=O) groups is 1. The summed E-state index contributed by atoms with van der Waals surface area (Å²) in [6, 6.07) is 32.5. The molecule has 14 nitrogen and oxygen atoms in total. The molecule has 1 amide bonds. The normalized spacial score (nSPS) is 13.6. The summed E-state index contributed by atoms with van der Waals surface area (Å²) in [4.78, 5) is 19.9. The summed E-state index contributed by atoms with van der Waals surface area (Å²) in [6.45, 7) is 9.07. The van der Waals surface area contributed by atoms with Crippen LogP contribution in [0.4, 0.5) is 4.79 Å². The molecule has 0 spiro atoms. The Kier molecular flexibility index (Phi) is 14.2. The topological polar surface area (TPSA) is 151 Å². The number of rotatable bonds is 16. The summed E-state index contributed by atoms with van der Waals surface area (Å²) < 4.78 is 58.9. The van der Waals surface area contributed by atoms with Crippen LogP contribution in [0.1, 0.15) is 67.3 Å². The van der Waals surface area contributed by atoms with Gasteiger partial charge in [0.05, 0.1) is 48.0 Å². The molecule has 0 saturated carbocycles. The zero-order chi connectivity index (χ0) is 47.3. The molecule has 1 saturated heterocycles. The number of benzene rings is 5. The molecule has 3 heterocycles. The fourth-order valence-electron chi connectivity index (χ4n) is 8.55. The lowest BCUT2D eigenvalue weighted by atomic mass is 9.89. The molecule has 0 atom stereocenters. The zero-order valence-corrected chi connectivity index (χ0v) is 40.7. The van der Waals surface area contributed by atoms with Gasteiger partial charge in [-0.1, -0.05) is 60.7 Å². The number of fused-ring (bicyclic) bond motifs is 1. The van der Waals surface area contributed by atoms with Gasteiger partial charge in [-0.15, -0.1) is 16.4 Å². The SMILES string of the molecule is COc1ccc(CN(Cc2ccc(OC)cc2)S(=O)(=O)c2c(CCC3CCN(C(=O)OC(C)(C)C)CC3)ccc(-c3cccc4sc(C)nc34)c2-c2nnnn2Cc2ccc(OC)cc2)cc1. The standard InChI is InChI=1S/C51H57N7O7S2/c1-34-52-47-44(9-8-10-45(47)66-34)43-26-19-39(18-11-35-27-29-56(30-28-35)50(59)65-51(2,3)4)48(46(43)49-53-54-55-58(49)33-38-16-24-42(64-7)25-17-38)67(60,61)57(31-36-12-20-40(62-5)21-13-36)32-37-14-22-41(63-6)23-15-37/h8-10,12-17,19-26,35H,11,18,27-33H2,1-7H3. The number of carbonyl (C=O) groups excluding carboxylic acids is 1. The minimum absolute atomic E-state index is 0.0578. The van der Waals surface area contributed by atoms with Gasteiger partial charge in [0.25, 0.3) is 0 Å². The Bertz CT molecular complexity index is 2870. The van der Waals surface area contributed by atoms with Gasteiger partial charge in [-0.2, -0.15) is 4.31 Å². The lowest BCUT2D eigenvalue weighted by Gasteiger charge is -2.33. The Morgan fingerprint density at radius 3 is 1.93 bits per heavy atom. The predicted molar refractivity (Wildman–Crippen MR) is 260 cm³/mol. The first-order chi connectivity index (χ1) is 32.2. The third-order valence-corrected chi connectivity index (χ3v) is 14.9. The molecule has 5 aromatic carbocycles. The van der Waals surface area contributed by atoms with Gasteiger partial charge in [0.1, 0.15) is 22.8 Å². The number of methoxy groups -OCH3 is 3. The van der Waals surface area contributed by atoms with E-state index in [1.165, 1.54) is 4.31 Å². The minimum Gasteiger partial charge on any atom is -0.497 e. The highest BCUT2D eigenvalue weighted by Crippen LogP contribution is 2.44. The van der Waals surface area contributed by atoms with Gasteiger partial charge in [-0.05, 0) is 140 Å². The summed E-state index contributed by atoms with van der Waals surface area (Å²) in [5.74, 6) is 2.57. The highest BCUT2D eigenvalue weighted by Gasteiger charge is 2.36. The highest BCUT2D eigenvalue weighted by molar-refractivity contribution is 7.89. The molecule has 1 fully saturated rings. The second-order valence-electron chi connectivity index (χ2n) is 17.8. The van der Waals surface area contributed by atoms with Crippen molar-refractivity contribution in [3.8, 4) is 39.8 Å². The lowest BCUT2D eigenvalue weighted by Crippen LogP contribution is -2.41. The number of hydrogen-bond acceptors (Lipinski definition) is 12. The Hall–Kier alpha value is -6.36. The van der Waals surface area contributed by atoms with Crippen molar-refractivity contribution in [2.24, 2.45) is 5.92 Å². The molecule has 0 radical (unpaired) electrons. The maximum atomic E-state index is 16.3. The van der Waals surface area contributed by atoms with E-state index in [1.807, 2.05) is 131 Å². The highest BCUT2D eigenvalue weighted by atomic mass is 32.2. The minimum atomic E-state index is -4.43. The number of thiazole rings is 1. The van der Waals surface area contributed by atoms with Crippen LogP contribution in [-0.4, -0.2) is 88.9 Å². The molecule has 16 heteroatoms. The van der Waals surface area contributed by atoms with E-state index < -0.39 is 15.6 Å². The summed E-state index contributed by atoms with van der Waals surface area (Å²) in [5.41, 5.74) is 5.07. The number of nitrogens with zero attached hydrogens (tertiary/aromatic N) is 7. The average molecular weight is 944 g/mol. The lowest BCUT2D eigenvalue weighted by molar-refractivity contribution is 0.0181. The van der Waals surface area contributed by atoms with E-state index >= 15 is 8.42 Å². The van der Waals surface area contributed by atoms with Gasteiger partial charge in [0.2, 0.25) is 10.0 Å². The van der Waals surface area contributed by atoms with Crippen molar-refractivity contribution in [1.82, 2.24) is 34.4 Å². The third-order valence-electron chi connectivity index (χ3n) is 12.0.